The molecule has 4 aliphatic carbocycles. The highest BCUT2D eigenvalue weighted by Gasteiger charge is 2.23. The summed E-state index contributed by atoms with van der Waals surface area (Å²) in [5.74, 6) is 1.25. The number of nitrogens with zero attached hydrogens (tertiary/aromatic N) is 4. The lowest BCUT2D eigenvalue weighted by molar-refractivity contribution is 0.381. The van der Waals surface area contributed by atoms with E-state index in [-0.39, 0.29) is 0 Å². The molecule has 6 heteroatoms. The van der Waals surface area contributed by atoms with Gasteiger partial charge in [0.05, 0.1) is 24.1 Å². The van der Waals surface area contributed by atoms with E-state index in [9.17, 15) is 0 Å². The zero-order valence-corrected chi connectivity index (χ0v) is 25.9. The second-order valence-corrected chi connectivity index (χ2v) is 13.3. The molecule has 0 amide bonds. The van der Waals surface area contributed by atoms with E-state index in [2.05, 4.69) is 31.5 Å². The van der Waals surface area contributed by atoms with Crippen molar-refractivity contribution in [2.45, 2.75) is 178 Å². The van der Waals surface area contributed by atoms with Crippen LogP contribution in [0.1, 0.15) is 154 Å². The number of aliphatic imine (C=N–C) groups is 3. The highest BCUT2D eigenvalue weighted by atomic mass is 15.3. The summed E-state index contributed by atoms with van der Waals surface area (Å²) >= 11 is 0. The van der Waals surface area contributed by atoms with E-state index in [1.807, 2.05) is 0 Å². The quantitative estimate of drug-likeness (QED) is 0.274. The zero-order valence-electron chi connectivity index (χ0n) is 25.9. The molecule has 228 valence electrons. The Labute approximate surface area is 246 Å². The highest BCUT2D eigenvalue weighted by molar-refractivity contribution is 5.80. The highest BCUT2D eigenvalue weighted by Crippen LogP contribution is 2.23. The van der Waals surface area contributed by atoms with E-state index in [1.165, 1.54) is 186 Å². The van der Waals surface area contributed by atoms with Gasteiger partial charge in [-0.15, -0.1) is 0 Å². The Balaban J connectivity index is 0.000000162. The average molecular weight is 555 g/mol. The molecule has 0 spiro atoms. The maximum Gasteiger partial charge on any atom is 0.194 e. The summed E-state index contributed by atoms with van der Waals surface area (Å²) in [6, 6.07) is 5.32. The van der Waals surface area contributed by atoms with Crippen LogP contribution in [0.4, 0.5) is 0 Å². The van der Waals surface area contributed by atoms with Crippen LogP contribution in [0.5, 0.6) is 0 Å². The van der Waals surface area contributed by atoms with E-state index in [0.29, 0.717) is 24.2 Å². The second kappa shape index (κ2) is 19.7. The first kappa shape index (κ1) is 31.5. The molecule has 0 aromatic rings. The van der Waals surface area contributed by atoms with Gasteiger partial charge in [0.25, 0.3) is 0 Å². The molecule has 2 aliphatic heterocycles. The van der Waals surface area contributed by atoms with Crippen molar-refractivity contribution >= 4 is 12.0 Å². The fourth-order valence-corrected chi connectivity index (χ4v) is 7.19. The van der Waals surface area contributed by atoms with Crippen molar-refractivity contribution in [1.82, 2.24) is 15.5 Å². The first-order valence-electron chi connectivity index (χ1n) is 17.8. The van der Waals surface area contributed by atoms with Crippen LogP contribution in [0.25, 0.3) is 0 Å². The van der Waals surface area contributed by atoms with E-state index >= 15 is 0 Å². The molecule has 0 unspecified atom stereocenters. The largest absolute Gasteiger partial charge is 0.353 e. The van der Waals surface area contributed by atoms with Crippen LogP contribution in [-0.2, 0) is 0 Å². The van der Waals surface area contributed by atoms with Crippen LogP contribution in [0.2, 0.25) is 0 Å². The van der Waals surface area contributed by atoms with Crippen LogP contribution in [-0.4, -0.2) is 67.2 Å². The molecule has 40 heavy (non-hydrogen) atoms. The van der Waals surface area contributed by atoms with Gasteiger partial charge in [0.2, 0.25) is 0 Å². The molecule has 6 aliphatic rings. The van der Waals surface area contributed by atoms with Crippen LogP contribution in [0.3, 0.4) is 0 Å². The van der Waals surface area contributed by atoms with Gasteiger partial charge >= 0.3 is 0 Å². The molecule has 0 atom stereocenters. The summed E-state index contributed by atoms with van der Waals surface area (Å²) in [5, 5.41) is 7.04. The first-order valence-corrected chi connectivity index (χ1v) is 17.8. The molecular weight excluding hydrogens is 492 g/mol. The molecule has 0 aromatic heterocycles. The second-order valence-electron chi connectivity index (χ2n) is 13.3. The molecule has 2 heterocycles. The van der Waals surface area contributed by atoms with Crippen molar-refractivity contribution in [2.75, 3.05) is 26.2 Å². The molecule has 6 fully saturated rings. The van der Waals surface area contributed by atoms with Crippen LogP contribution >= 0.6 is 0 Å². The van der Waals surface area contributed by atoms with Crippen molar-refractivity contribution in [3.63, 3.8) is 0 Å². The van der Waals surface area contributed by atoms with Crippen LogP contribution < -0.4 is 10.6 Å². The van der Waals surface area contributed by atoms with Crippen molar-refractivity contribution in [1.29, 1.82) is 0 Å². The number of rotatable bonds is 4. The third-order valence-corrected chi connectivity index (χ3v) is 9.81. The summed E-state index contributed by atoms with van der Waals surface area (Å²) in [7, 11) is 0. The predicted octanol–water partition coefficient (Wildman–Crippen LogP) is 7.89. The first-order chi connectivity index (χ1) is 19.9. The van der Waals surface area contributed by atoms with E-state index in [1.54, 1.807) is 0 Å². The minimum atomic E-state index is 0.533. The van der Waals surface area contributed by atoms with Crippen molar-refractivity contribution in [3.8, 4) is 0 Å². The Morgan fingerprint density at radius 1 is 0.525 bits per heavy atom. The smallest absolute Gasteiger partial charge is 0.194 e. The topological polar surface area (TPSA) is 64.4 Å². The Bertz CT molecular complexity index is 696. The van der Waals surface area contributed by atoms with E-state index < -0.39 is 0 Å². The number of hydrogen-bond donors (Lipinski definition) is 2. The molecule has 2 N–H and O–H groups in total. The third-order valence-electron chi connectivity index (χ3n) is 9.81. The van der Waals surface area contributed by atoms with Crippen molar-refractivity contribution in [3.05, 3.63) is 0 Å². The Hall–Kier alpha value is -1.39. The minimum absolute atomic E-state index is 0.533. The predicted molar refractivity (Wildman–Crippen MR) is 171 cm³/mol. The van der Waals surface area contributed by atoms with Gasteiger partial charge in [-0.05, 0) is 90.1 Å². The molecule has 6 rings (SSSR count). The SMILES string of the molecule is C(=NC1CCCCC1)=NC1CCCCC1.C1CCC(N=C(NC2CCCCC2)N2CCCC2)CC1.C1CCNC1. The van der Waals surface area contributed by atoms with Crippen LogP contribution in [0, 0.1) is 0 Å². The average Bonchev–Trinajstić information content (AvgIpc) is 3.78. The Kier molecular flexibility index (Phi) is 15.5. The van der Waals surface area contributed by atoms with Gasteiger partial charge in [-0.25, -0.2) is 15.0 Å². The minimum Gasteiger partial charge on any atom is -0.353 e. The maximum absolute atomic E-state index is 5.14. The summed E-state index contributed by atoms with van der Waals surface area (Å²) in [6.45, 7) is 4.93. The van der Waals surface area contributed by atoms with Gasteiger partial charge < -0.3 is 15.5 Å². The van der Waals surface area contributed by atoms with Gasteiger partial charge in [0, 0.05) is 19.1 Å². The van der Waals surface area contributed by atoms with Gasteiger partial charge in [-0.1, -0.05) is 77.0 Å². The fraction of sp³-hybridized carbons (Fsp3) is 0.941. The lowest BCUT2D eigenvalue weighted by Gasteiger charge is -2.30. The summed E-state index contributed by atoms with van der Waals surface area (Å²) in [5.41, 5.74) is 0. The van der Waals surface area contributed by atoms with E-state index in [0.717, 1.165) is 0 Å². The Morgan fingerprint density at radius 2 is 0.975 bits per heavy atom. The van der Waals surface area contributed by atoms with Crippen LogP contribution in [0.15, 0.2) is 15.0 Å². The van der Waals surface area contributed by atoms with Gasteiger partial charge in [-0.2, -0.15) is 0 Å². The number of nitrogens with one attached hydrogen (secondary N) is 2. The zero-order chi connectivity index (χ0) is 27.5. The maximum atomic E-state index is 5.14. The Morgan fingerprint density at radius 3 is 1.43 bits per heavy atom. The number of guanidine groups is 1. The summed E-state index contributed by atoms with van der Waals surface area (Å²) in [6.07, 6.45) is 32.4. The molecule has 2 saturated heterocycles. The fourth-order valence-electron chi connectivity index (χ4n) is 7.19. The standard InChI is InChI=1S/C17H31N3.C13H22N2.C4H9N/c1-3-9-15(10-4-1)18-17(20-13-7-8-14-20)19-16-11-5-2-6-12-16;1-3-7-12(8-4-1)14-11-15-13-9-5-2-6-10-13;1-2-4-5-3-1/h15-16H,1-14H2,(H,18,19);12-13H,1-10H2;5H,1-4H2. The van der Waals surface area contributed by atoms with Crippen molar-refractivity contribution < 1.29 is 0 Å². The monoisotopic (exact) mass is 555 g/mol. The molecule has 6 nitrogen and oxygen atoms in total. The number of hydrogen-bond acceptors (Lipinski definition) is 4. The third kappa shape index (κ3) is 12.6. The molecule has 0 radical (unpaired) electrons. The molecule has 4 saturated carbocycles. The van der Waals surface area contributed by atoms with Gasteiger partial charge in [0.15, 0.2) is 5.96 Å². The number of likely N-dealkylation sites (tertiary alicyclic amines) is 1. The normalized spacial score (nSPS) is 25.7. The summed E-state index contributed by atoms with van der Waals surface area (Å²) < 4.78 is 0. The molecular formula is C34H62N6. The molecule has 0 bridgehead atoms. The lowest BCUT2D eigenvalue weighted by Crippen LogP contribution is -2.46. The van der Waals surface area contributed by atoms with Gasteiger partial charge in [0.1, 0.15) is 0 Å². The molecule has 0 aromatic carbocycles. The van der Waals surface area contributed by atoms with Crippen molar-refractivity contribution in [2.24, 2.45) is 15.0 Å². The van der Waals surface area contributed by atoms with Gasteiger partial charge in [-0.3, -0.25) is 0 Å². The summed E-state index contributed by atoms with van der Waals surface area (Å²) in [4.78, 5) is 16.6. The lowest BCUT2D eigenvalue weighted by atomic mass is 9.95. The van der Waals surface area contributed by atoms with E-state index in [4.69, 9.17) is 4.99 Å².